The fourth-order valence-electron chi connectivity index (χ4n) is 2.41. The maximum atomic E-state index is 4.75. The third-order valence-corrected chi connectivity index (χ3v) is 3.56. The number of para-hydroxylation sites is 1. The molecule has 0 aliphatic carbocycles. The Kier molecular flexibility index (Phi) is 3.78. The number of fused-ring (bicyclic) bond motifs is 1. The monoisotopic (exact) mass is 260 g/mol. The third-order valence-electron chi connectivity index (χ3n) is 3.56. The molecule has 0 bridgehead atoms. The number of unbranched alkanes of at least 4 members (excludes halogenated alkanes) is 1. The summed E-state index contributed by atoms with van der Waals surface area (Å²) in [5.74, 6) is 0. The Labute approximate surface area is 120 Å². The van der Waals surface area contributed by atoms with Crippen LogP contribution in [0.3, 0.4) is 0 Å². The van der Waals surface area contributed by atoms with Crippen LogP contribution in [0, 0.1) is 6.07 Å². The summed E-state index contributed by atoms with van der Waals surface area (Å²) in [6.45, 7) is 2.22. The van der Waals surface area contributed by atoms with E-state index < -0.39 is 0 Å². The topological polar surface area (TPSA) is 12.9 Å². The Morgan fingerprint density at radius 1 is 1.05 bits per heavy atom. The zero-order valence-electron chi connectivity index (χ0n) is 11.8. The lowest BCUT2D eigenvalue weighted by molar-refractivity contribution is 0.794. The van der Waals surface area contributed by atoms with E-state index in [9.17, 15) is 0 Å². The molecule has 0 fully saturated rings. The van der Waals surface area contributed by atoms with E-state index in [0.717, 1.165) is 17.6 Å². The van der Waals surface area contributed by atoms with E-state index in [1.165, 1.54) is 29.4 Å². The second kappa shape index (κ2) is 5.87. The van der Waals surface area contributed by atoms with E-state index in [0.29, 0.717) is 0 Å². The Bertz CT molecular complexity index is 716. The van der Waals surface area contributed by atoms with Crippen molar-refractivity contribution in [3.8, 4) is 11.3 Å². The van der Waals surface area contributed by atoms with Crippen LogP contribution in [0.1, 0.15) is 25.3 Å². The van der Waals surface area contributed by atoms with Gasteiger partial charge in [-0.3, -0.25) is 0 Å². The number of benzene rings is 2. The first-order valence-corrected chi connectivity index (χ1v) is 7.23. The van der Waals surface area contributed by atoms with Crippen LogP contribution in [0.15, 0.2) is 54.6 Å². The van der Waals surface area contributed by atoms with E-state index in [1.54, 1.807) is 0 Å². The highest BCUT2D eigenvalue weighted by atomic mass is 14.7. The van der Waals surface area contributed by atoms with Crippen molar-refractivity contribution in [2.24, 2.45) is 0 Å². The van der Waals surface area contributed by atoms with Gasteiger partial charge in [0.2, 0.25) is 0 Å². The zero-order chi connectivity index (χ0) is 13.8. The Hall–Kier alpha value is -2.15. The number of nitrogens with zero attached hydrogens (tertiary/aromatic N) is 1. The number of pyridine rings is 1. The van der Waals surface area contributed by atoms with Gasteiger partial charge in [-0.1, -0.05) is 49.7 Å². The van der Waals surface area contributed by atoms with Crippen molar-refractivity contribution in [2.75, 3.05) is 0 Å². The maximum absolute atomic E-state index is 4.75. The van der Waals surface area contributed by atoms with Gasteiger partial charge in [0.05, 0.1) is 11.2 Å². The van der Waals surface area contributed by atoms with Crippen LogP contribution in [0.4, 0.5) is 0 Å². The summed E-state index contributed by atoms with van der Waals surface area (Å²) in [7, 11) is 0. The Morgan fingerprint density at radius 2 is 1.95 bits per heavy atom. The predicted molar refractivity (Wildman–Crippen MR) is 84.6 cm³/mol. The van der Waals surface area contributed by atoms with Crippen LogP contribution in [-0.2, 0) is 6.42 Å². The summed E-state index contributed by atoms with van der Waals surface area (Å²) >= 11 is 0. The highest BCUT2D eigenvalue weighted by Gasteiger charge is 2.02. The molecule has 0 saturated carbocycles. The van der Waals surface area contributed by atoms with Crippen LogP contribution < -0.4 is 0 Å². The molecule has 0 saturated heterocycles. The maximum Gasteiger partial charge on any atom is 0.0709 e. The first-order chi connectivity index (χ1) is 9.86. The molecule has 1 heteroatoms. The number of rotatable bonds is 4. The van der Waals surface area contributed by atoms with Crippen LogP contribution >= 0.6 is 0 Å². The van der Waals surface area contributed by atoms with Gasteiger partial charge in [-0.05, 0) is 42.7 Å². The van der Waals surface area contributed by atoms with Crippen molar-refractivity contribution in [1.29, 1.82) is 0 Å². The summed E-state index contributed by atoms with van der Waals surface area (Å²) < 4.78 is 0. The van der Waals surface area contributed by atoms with E-state index in [-0.39, 0.29) is 0 Å². The largest absolute Gasteiger partial charge is 0.248 e. The van der Waals surface area contributed by atoms with Gasteiger partial charge >= 0.3 is 0 Å². The Morgan fingerprint density at radius 3 is 2.85 bits per heavy atom. The molecule has 1 nitrogen and oxygen atoms in total. The minimum absolute atomic E-state index is 1.04. The smallest absolute Gasteiger partial charge is 0.0709 e. The number of hydrogen-bond acceptors (Lipinski definition) is 1. The fourth-order valence-corrected chi connectivity index (χ4v) is 2.41. The molecule has 20 heavy (non-hydrogen) atoms. The summed E-state index contributed by atoms with van der Waals surface area (Å²) in [6.07, 6.45) is 3.52. The summed E-state index contributed by atoms with van der Waals surface area (Å²) in [4.78, 5) is 4.75. The van der Waals surface area contributed by atoms with Crippen LogP contribution in [0.2, 0.25) is 0 Å². The molecule has 1 heterocycles. The van der Waals surface area contributed by atoms with E-state index in [1.807, 2.05) is 18.2 Å². The van der Waals surface area contributed by atoms with Crippen molar-refractivity contribution >= 4 is 10.9 Å². The highest BCUT2D eigenvalue weighted by Crippen LogP contribution is 2.22. The van der Waals surface area contributed by atoms with Gasteiger partial charge in [0.1, 0.15) is 0 Å². The number of hydrogen-bond donors (Lipinski definition) is 0. The fraction of sp³-hybridized carbons (Fsp3) is 0.211. The molecule has 0 spiro atoms. The van der Waals surface area contributed by atoms with Crippen molar-refractivity contribution in [3.63, 3.8) is 0 Å². The normalized spacial score (nSPS) is 10.8. The molecule has 1 aromatic heterocycles. The second-order valence-corrected chi connectivity index (χ2v) is 5.10. The molecule has 99 valence electrons. The molecule has 2 aromatic carbocycles. The van der Waals surface area contributed by atoms with E-state index in [4.69, 9.17) is 4.98 Å². The first-order valence-electron chi connectivity index (χ1n) is 7.23. The molecule has 3 rings (SSSR count). The third kappa shape index (κ3) is 2.72. The van der Waals surface area contributed by atoms with Gasteiger partial charge in [-0.15, -0.1) is 0 Å². The molecule has 0 N–H and O–H groups in total. The SMILES string of the molecule is CCCCc1[c]ccc(-c2ccc3ccccc3n2)c1. The minimum atomic E-state index is 1.04. The van der Waals surface area contributed by atoms with Crippen LogP contribution in [0.5, 0.6) is 0 Å². The number of aromatic nitrogens is 1. The van der Waals surface area contributed by atoms with Crippen molar-refractivity contribution in [1.82, 2.24) is 4.98 Å². The van der Waals surface area contributed by atoms with Gasteiger partial charge in [-0.25, -0.2) is 4.98 Å². The summed E-state index contributed by atoms with van der Waals surface area (Å²) in [5, 5.41) is 1.19. The van der Waals surface area contributed by atoms with Gasteiger partial charge in [0.25, 0.3) is 0 Å². The van der Waals surface area contributed by atoms with Crippen molar-refractivity contribution < 1.29 is 0 Å². The highest BCUT2D eigenvalue weighted by molar-refractivity contribution is 5.81. The quantitative estimate of drug-likeness (QED) is 0.640. The molecular weight excluding hydrogens is 242 g/mol. The molecule has 0 unspecified atom stereocenters. The van der Waals surface area contributed by atoms with Crippen molar-refractivity contribution in [2.45, 2.75) is 26.2 Å². The van der Waals surface area contributed by atoms with Gasteiger partial charge in [0.15, 0.2) is 0 Å². The van der Waals surface area contributed by atoms with Gasteiger partial charge in [0, 0.05) is 10.9 Å². The number of aryl methyl sites for hydroxylation is 1. The van der Waals surface area contributed by atoms with Gasteiger partial charge < -0.3 is 0 Å². The van der Waals surface area contributed by atoms with Crippen LogP contribution in [0.25, 0.3) is 22.2 Å². The molecular formula is C19H18N. The van der Waals surface area contributed by atoms with Crippen LogP contribution in [-0.4, -0.2) is 4.98 Å². The summed E-state index contributed by atoms with van der Waals surface area (Å²) in [5.41, 5.74) is 4.54. The molecule has 1 radical (unpaired) electrons. The van der Waals surface area contributed by atoms with Crippen molar-refractivity contribution in [3.05, 3.63) is 66.2 Å². The summed E-state index contributed by atoms with van der Waals surface area (Å²) in [6, 6.07) is 22.1. The average Bonchev–Trinajstić information content (AvgIpc) is 2.53. The Balaban J connectivity index is 1.97. The standard InChI is InChI=1S/C19H18N/c1-2-3-7-15-8-6-10-17(14-15)19-13-12-16-9-4-5-11-18(16)20-19/h4-6,9-14H,2-3,7H2,1H3. The molecule has 0 atom stereocenters. The lowest BCUT2D eigenvalue weighted by atomic mass is 10.0. The molecule has 0 aliphatic heterocycles. The van der Waals surface area contributed by atoms with E-state index in [2.05, 4.69) is 49.4 Å². The first kappa shape index (κ1) is 12.9. The predicted octanol–water partition coefficient (Wildman–Crippen LogP) is 5.04. The lowest BCUT2D eigenvalue weighted by Gasteiger charge is -2.05. The van der Waals surface area contributed by atoms with Gasteiger partial charge in [-0.2, -0.15) is 0 Å². The lowest BCUT2D eigenvalue weighted by Crippen LogP contribution is -1.89. The molecule has 0 amide bonds. The zero-order valence-corrected chi connectivity index (χ0v) is 11.8. The minimum Gasteiger partial charge on any atom is -0.248 e. The average molecular weight is 260 g/mol. The van der Waals surface area contributed by atoms with E-state index >= 15 is 0 Å². The molecule has 0 aliphatic rings. The molecule has 3 aromatic rings. The second-order valence-electron chi connectivity index (χ2n) is 5.10.